The number of carbonyl (C=O) groups is 2. The third-order valence-electron chi connectivity index (χ3n) is 4.50. The van der Waals surface area contributed by atoms with Crippen LogP contribution in [-0.2, 0) is 9.53 Å². The monoisotopic (exact) mass is 353 g/mol. The van der Waals surface area contributed by atoms with Gasteiger partial charge in [-0.25, -0.2) is 4.79 Å². The molecule has 0 radical (unpaired) electrons. The van der Waals surface area contributed by atoms with Gasteiger partial charge < -0.3 is 14.6 Å². The van der Waals surface area contributed by atoms with Crippen molar-refractivity contribution < 1.29 is 18.8 Å². The number of amides is 1. The number of nitrogens with zero attached hydrogens (tertiary/aromatic N) is 2. The molecule has 3 rings (SSSR count). The number of aromatic nitrogens is 1. The van der Waals surface area contributed by atoms with Gasteiger partial charge in [-0.05, 0) is 32.6 Å². The molecule has 0 aliphatic heterocycles. The van der Waals surface area contributed by atoms with Crippen molar-refractivity contribution >= 4 is 11.9 Å². The molecule has 0 unspecified atom stereocenters. The largest absolute Gasteiger partial charge is 0.452 e. The molecule has 0 spiro atoms. The van der Waals surface area contributed by atoms with Gasteiger partial charge in [-0.15, -0.1) is 0 Å². The first-order valence-electron chi connectivity index (χ1n) is 8.46. The molecule has 1 heterocycles. The maximum atomic E-state index is 12.4. The van der Waals surface area contributed by atoms with Crippen LogP contribution in [0, 0.1) is 18.3 Å². The predicted octanol–water partition coefficient (Wildman–Crippen LogP) is 2.76. The van der Waals surface area contributed by atoms with E-state index in [1.54, 1.807) is 19.1 Å². The number of ether oxygens (including phenoxy) is 1. The smallest absolute Gasteiger partial charge is 0.344 e. The van der Waals surface area contributed by atoms with Crippen LogP contribution in [0.15, 0.2) is 34.9 Å². The van der Waals surface area contributed by atoms with E-state index < -0.39 is 24.0 Å². The molecular weight excluding hydrogens is 334 g/mol. The maximum Gasteiger partial charge on any atom is 0.344 e. The Bertz CT molecular complexity index is 845. The number of carbonyl (C=O) groups excluding carboxylic acids is 2. The van der Waals surface area contributed by atoms with Gasteiger partial charge in [0.15, 0.2) is 6.61 Å². The Hall–Kier alpha value is -3.14. The SMILES string of the molecule is Cc1onc(-c2ccccc2)c1C(=O)OCC(=O)NC1(C#N)CCCC1. The van der Waals surface area contributed by atoms with E-state index in [0.717, 1.165) is 18.4 Å². The van der Waals surface area contributed by atoms with Gasteiger partial charge in [0.05, 0.1) is 6.07 Å². The highest BCUT2D eigenvalue weighted by molar-refractivity contribution is 5.98. The molecule has 1 saturated carbocycles. The molecule has 1 aromatic carbocycles. The van der Waals surface area contributed by atoms with Gasteiger partial charge in [0, 0.05) is 5.56 Å². The highest BCUT2D eigenvalue weighted by Gasteiger charge is 2.35. The average Bonchev–Trinajstić information content (AvgIpc) is 3.27. The van der Waals surface area contributed by atoms with Crippen molar-refractivity contribution in [1.82, 2.24) is 10.5 Å². The molecule has 7 nitrogen and oxygen atoms in total. The second kappa shape index (κ2) is 7.40. The van der Waals surface area contributed by atoms with E-state index >= 15 is 0 Å². The fourth-order valence-electron chi connectivity index (χ4n) is 3.16. The molecule has 7 heteroatoms. The summed E-state index contributed by atoms with van der Waals surface area (Å²) >= 11 is 0. The van der Waals surface area contributed by atoms with Crippen molar-refractivity contribution in [2.24, 2.45) is 0 Å². The van der Waals surface area contributed by atoms with E-state index in [-0.39, 0.29) is 5.56 Å². The average molecular weight is 353 g/mol. The van der Waals surface area contributed by atoms with Crippen LogP contribution in [-0.4, -0.2) is 29.2 Å². The Morgan fingerprint density at radius 2 is 2.00 bits per heavy atom. The molecule has 0 atom stereocenters. The number of nitrogens with one attached hydrogen (secondary N) is 1. The van der Waals surface area contributed by atoms with E-state index in [0.29, 0.717) is 24.3 Å². The van der Waals surface area contributed by atoms with Crippen molar-refractivity contribution in [3.05, 3.63) is 41.7 Å². The minimum atomic E-state index is -0.841. The molecule has 1 aliphatic carbocycles. The Kier molecular flexibility index (Phi) is 5.03. The van der Waals surface area contributed by atoms with Crippen LogP contribution >= 0.6 is 0 Å². The topological polar surface area (TPSA) is 105 Å². The molecular formula is C19H19N3O4. The lowest BCUT2D eigenvalue weighted by Gasteiger charge is -2.21. The van der Waals surface area contributed by atoms with Crippen LogP contribution in [0.3, 0.4) is 0 Å². The number of benzene rings is 1. The lowest BCUT2D eigenvalue weighted by atomic mass is 10.00. The Morgan fingerprint density at radius 1 is 1.31 bits per heavy atom. The number of aryl methyl sites for hydroxylation is 1. The Balaban J connectivity index is 1.67. The van der Waals surface area contributed by atoms with E-state index in [1.165, 1.54) is 0 Å². The summed E-state index contributed by atoms with van der Waals surface area (Å²) in [5.74, 6) is -0.856. The minimum Gasteiger partial charge on any atom is -0.452 e. The number of hydrogen-bond acceptors (Lipinski definition) is 6. The molecule has 134 valence electrons. The van der Waals surface area contributed by atoms with Crippen molar-refractivity contribution in [1.29, 1.82) is 5.26 Å². The quantitative estimate of drug-likeness (QED) is 0.829. The first kappa shape index (κ1) is 17.7. The summed E-state index contributed by atoms with van der Waals surface area (Å²) in [6.07, 6.45) is 3.03. The van der Waals surface area contributed by atoms with Crippen LogP contribution in [0.4, 0.5) is 0 Å². The second-order valence-corrected chi connectivity index (χ2v) is 6.35. The zero-order chi connectivity index (χ0) is 18.6. The van der Waals surface area contributed by atoms with Gasteiger partial charge in [-0.1, -0.05) is 35.5 Å². The fourth-order valence-corrected chi connectivity index (χ4v) is 3.16. The van der Waals surface area contributed by atoms with Crippen LogP contribution in [0.2, 0.25) is 0 Å². The first-order valence-corrected chi connectivity index (χ1v) is 8.46. The van der Waals surface area contributed by atoms with Crippen LogP contribution < -0.4 is 5.32 Å². The molecule has 1 N–H and O–H groups in total. The number of rotatable bonds is 5. The van der Waals surface area contributed by atoms with Crippen molar-refractivity contribution in [2.45, 2.75) is 38.1 Å². The lowest BCUT2D eigenvalue weighted by molar-refractivity contribution is -0.125. The number of hydrogen-bond donors (Lipinski definition) is 1. The van der Waals surface area contributed by atoms with Gasteiger partial charge in [-0.2, -0.15) is 5.26 Å². The number of nitriles is 1. The van der Waals surface area contributed by atoms with Crippen molar-refractivity contribution in [3.8, 4) is 17.3 Å². The standard InChI is InChI=1S/C19H19N3O4/c1-13-16(17(22-26-13)14-7-3-2-4-8-14)18(24)25-11-15(23)21-19(12-20)9-5-6-10-19/h2-4,7-8H,5-6,9-11H2,1H3,(H,21,23). The molecule has 1 aromatic heterocycles. The van der Waals surface area contributed by atoms with Gasteiger partial charge in [0.2, 0.25) is 0 Å². The fraction of sp³-hybridized carbons (Fsp3) is 0.368. The number of esters is 1. The summed E-state index contributed by atoms with van der Waals surface area (Å²) in [6, 6.07) is 11.3. The lowest BCUT2D eigenvalue weighted by Crippen LogP contribution is -2.46. The maximum absolute atomic E-state index is 12.4. The molecule has 1 aliphatic rings. The van der Waals surface area contributed by atoms with E-state index in [2.05, 4.69) is 16.5 Å². The van der Waals surface area contributed by atoms with Crippen LogP contribution in [0.1, 0.15) is 41.8 Å². The summed E-state index contributed by atoms with van der Waals surface area (Å²) in [6.45, 7) is 1.15. The minimum absolute atomic E-state index is 0.194. The first-order chi connectivity index (χ1) is 12.5. The van der Waals surface area contributed by atoms with Crippen molar-refractivity contribution in [3.63, 3.8) is 0 Å². The molecule has 0 bridgehead atoms. The zero-order valence-electron chi connectivity index (χ0n) is 14.4. The van der Waals surface area contributed by atoms with Gasteiger partial charge in [-0.3, -0.25) is 4.79 Å². The molecule has 1 amide bonds. The highest BCUT2D eigenvalue weighted by Crippen LogP contribution is 2.29. The van der Waals surface area contributed by atoms with Crippen LogP contribution in [0.5, 0.6) is 0 Å². The van der Waals surface area contributed by atoms with E-state index in [1.807, 2.05) is 18.2 Å². The molecule has 0 saturated heterocycles. The summed E-state index contributed by atoms with van der Waals surface area (Å²) in [5, 5.41) is 15.9. The summed E-state index contributed by atoms with van der Waals surface area (Å²) in [7, 11) is 0. The van der Waals surface area contributed by atoms with Gasteiger partial charge in [0.1, 0.15) is 22.6 Å². The van der Waals surface area contributed by atoms with Gasteiger partial charge >= 0.3 is 5.97 Å². The Morgan fingerprint density at radius 3 is 2.65 bits per heavy atom. The zero-order valence-corrected chi connectivity index (χ0v) is 14.4. The van der Waals surface area contributed by atoms with E-state index in [9.17, 15) is 14.9 Å². The summed E-state index contributed by atoms with van der Waals surface area (Å²) in [5.41, 5.74) is 0.444. The highest BCUT2D eigenvalue weighted by atomic mass is 16.5. The second-order valence-electron chi connectivity index (χ2n) is 6.35. The molecule has 1 fully saturated rings. The third kappa shape index (κ3) is 3.59. The predicted molar refractivity (Wildman–Crippen MR) is 91.9 cm³/mol. The third-order valence-corrected chi connectivity index (χ3v) is 4.50. The van der Waals surface area contributed by atoms with Gasteiger partial charge in [0.25, 0.3) is 5.91 Å². The van der Waals surface area contributed by atoms with Crippen LogP contribution in [0.25, 0.3) is 11.3 Å². The summed E-state index contributed by atoms with van der Waals surface area (Å²) in [4.78, 5) is 24.5. The molecule has 26 heavy (non-hydrogen) atoms. The summed E-state index contributed by atoms with van der Waals surface area (Å²) < 4.78 is 10.3. The molecule has 2 aromatic rings. The normalized spacial score (nSPS) is 15.2. The van der Waals surface area contributed by atoms with E-state index in [4.69, 9.17) is 9.26 Å². The Labute approximate surface area is 150 Å². The van der Waals surface area contributed by atoms with Crippen molar-refractivity contribution in [2.75, 3.05) is 6.61 Å².